The molecule has 0 aliphatic heterocycles. The van der Waals surface area contributed by atoms with Crippen molar-refractivity contribution in [3.05, 3.63) is 64.9 Å². The highest BCUT2D eigenvalue weighted by molar-refractivity contribution is 5.97. The lowest BCUT2D eigenvalue weighted by atomic mass is 9.93. The summed E-state index contributed by atoms with van der Waals surface area (Å²) in [7, 11) is 1.64. The summed E-state index contributed by atoms with van der Waals surface area (Å²) in [5, 5.41) is 10.3. The number of amides is 2. The average Bonchev–Trinajstić information content (AvgIpc) is 3.35. The van der Waals surface area contributed by atoms with E-state index in [1.807, 2.05) is 35.1 Å². The summed E-state index contributed by atoms with van der Waals surface area (Å²) in [4.78, 5) is 24.8. The Morgan fingerprint density at radius 3 is 2.71 bits per heavy atom. The smallest absolute Gasteiger partial charge is 0.255 e. The van der Waals surface area contributed by atoms with Gasteiger partial charge in [-0.25, -0.2) is 4.68 Å². The van der Waals surface area contributed by atoms with Gasteiger partial charge in [0.2, 0.25) is 5.91 Å². The zero-order chi connectivity index (χ0) is 22.0. The summed E-state index contributed by atoms with van der Waals surface area (Å²) in [5.41, 5.74) is 3.51. The van der Waals surface area contributed by atoms with Gasteiger partial charge in [0.1, 0.15) is 17.3 Å². The minimum atomic E-state index is -0.318. The van der Waals surface area contributed by atoms with Gasteiger partial charge in [-0.2, -0.15) is 5.10 Å². The van der Waals surface area contributed by atoms with Crippen molar-refractivity contribution in [1.82, 2.24) is 20.4 Å². The zero-order valence-corrected chi connectivity index (χ0v) is 17.9. The minimum Gasteiger partial charge on any atom is -0.497 e. The number of methoxy groups -OCH3 is 1. The molecule has 8 nitrogen and oxygen atoms in total. The topological polar surface area (TPSA) is 98.4 Å². The van der Waals surface area contributed by atoms with Crippen LogP contribution in [0.4, 0.5) is 0 Å². The third-order valence-electron chi connectivity index (χ3n) is 5.53. The van der Waals surface area contributed by atoms with Gasteiger partial charge in [0.15, 0.2) is 0 Å². The van der Waals surface area contributed by atoms with Crippen molar-refractivity contribution in [2.45, 2.75) is 39.2 Å². The molecule has 8 heteroatoms. The van der Waals surface area contributed by atoms with Gasteiger partial charge >= 0.3 is 0 Å². The number of nitrogens with zero attached hydrogens (tertiary/aromatic N) is 2. The Bertz CT molecular complexity index is 1100. The van der Waals surface area contributed by atoms with Crippen LogP contribution < -0.4 is 15.4 Å². The van der Waals surface area contributed by atoms with Crippen molar-refractivity contribution in [3.8, 4) is 11.4 Å². The number of aryl methyl sites for hydroxylation is 2. The van der Waals surface area contributed by atoms with Gasteiger partial charge in [0.05, 0.1) is 37.1 Å². The van der Waals surface area contributed by atoms with Crippen molar-refractivity contribution >= 4 is 11.8 Å². The van der Waals surface area contributed by atoms with Crippen molar-refractivity contribution in [2.75, 3.05) is 13.7 Å². The molecule has 2 amide bonds. The van der Waals surface area contributed by atoms with E-state index in [4.69, 9.17) is 9.15 Å². The SMILES string of the molecule is COc1ccc(-n2ncc3c2CCC[C@@H]3NC(=O)CNC(=O)c2cc(C)oc2C)cc1. The fourth-order valence-electron chi connectivity index (χ4n) is 4.01. The number of benzene rings is 1. The van der Waals surface area contributed by atoms with Crippen LogP contribution in [-0.4, -0.2) is 35.2 Å². The molecule has 1 aliphatic rings. The lowest BCUT2D eigenvalue weighted by molar-refractivity contribution is -0.121. The Balaban J connectivity index is 1.41. The molecule has 0 saturated carbocycles. The van der Waals surface area contributed by atoms with Gasteiger partial charge in [-0.3, -0.25) is 9.59 Å². The highest BCUT2D eigenvalue weighted by atomic mass is 16.5. The van der Waals surface area contributed by atoms with Crippen molar-refractivity contribution < 1.29 is 18.7 Å². The molecular formula is C23H26N4O4. The molecule has 1 aromatic carbocycles. The molecule has 1 aliphatic carbocycles. The Hall–Kier alpha value is -3.55. The molecule has 2 aromatic heterocycles. The normalized spacial score (nSPS) is 15.3. The number of nitrogens with one attached hydrogen (secondary N) is 2. The van der Waals surface area contributed by atoms with Gasteiger partial charge < -0.3 is 19.8 Å². The highest BCUT2D eigenvalue weighted by Gasteiger charge is 2.26. The summed E-state index contributed by atoms with van der Waals surface area (Å²) in [5.74, 6) is 1.44. The molecule has 2 N–H and O–H groups in total. The largest absolute Gasteiger partial charge is 0.497 e. The Labute approximate surface area is 180 Å². The molecule has 0 radical (unpaired) electrons. The van der Waals surface area contributed by atoms with Crippen LogP contribution in [0.2, 0.25) is 0 Å². The van der Waals surface area contributed by atoms with Crippen LogP contribution in [0, 0.1) is 13.8 Å². The van der Waals surface area contributed by atoms with Crippen LogP contribution in [0.3, 0.4) is 0 Å². The average molecular weight is 422 g/mol. The van der Waals surface area contributed by atoms with Crippen LogP contribution in [0.5, 0.6) is 5.75 Å². The fraction of sp³-hybridized carbons (Fsp3) is 0.348. The summed E-state index contributed by atoms with van der Waals surface area (Å²) in [6, 6.07) is 9.27. The number of ether oxygens (including phenoxy) is 1. The molecule has 162 valence electrons. The molecule has 0 fully saturated rings. The molecule has 0 unspecified atom stereocenters. The fourth-order valence-corrected chi connectivity index (χ4v) is 4.01. The molecular weight excluding hydrogens is 396 g/mol. The first kappa shape index (κ1) is 20.7. The second-order valence-corrected chi connectivity index (χ2v) is 7.68. The highest BCUT2D eigenvalue weighted by Crippen LogP contribution is 2.31. The number of aromatic nitrogens is 2. The summed E-state index contributed by atoms with van der Waals surface area (Å²) < 4.78 is 12.5. The number of fused-ring (bicyclic) bond motifs is 1. The third-order valence-corrected chi connectivity index (χ3v) is 5.53. The van der Waals surface area contributed by atoms with E-state index in [1.54, 1.807) is 27.0 Å². The number of hydrogen-bond acceptors (Lipinski definition) is 5. The summed E-state index contributed by atoms with van der Waals surface area (Å²) >= 11 is 0. The first-order valence-corrected chi connectivity index (χ1v) is 10.3. The van der Waals surface area contributed by atoms with Gasteiger partial charge in [-0.1, -0.05) is 0 Å². The van der Waals surface area contributed by atoms with Crippen molar-refractivity contribution in [3.63, 3.8) is 0 Å². The van der Waals surface area contributed by atoms with E-state index < -0.39 is 0 Å². The lowest BCUT2D eigenvalue weighted by Crippen LogP contribution is -2.39. The van der Waals surface area contributed by atoms with E-state index in [0.717, 1.165) is 42.0 Å². The Kier molecular flexibility index (Phi) is 5.79. The minimum absolute atomic E-state index is 0.0963. The maximum Gasteiger partial charge on any atom is 0.255 e. The van der Waals surface area contributed by atoms with Crippen LogP contribution in [0.25, 0.3) is 5.69 Å². The molecule has 2 heterocycles. The lowest BCUT2D eigenvalue weighted by Gasteiger charge is -2.24. The van der Waals surface area contributed by atoms with E-state index in [1.165, 1.54) is 0 Å². The first-order valence-electron chi connectivity index (χ1n) is 10.3. The van der Waals surface area contributed by atoms with E-state index in [9.17, 15) is 9.59 Å². The number of carbonyl (C=O) groups excluding carboxylic acids is 2. The standard InChI is InChI=1S/C23H26N4O4/c1-14-11-18(15(2)31-14)23(29)24-13-22(28)26-20-5-4-6-21-19(20)12-25-27(21)16-7-9-17(30-3)10-8-16/h7-12,20H,4-6,13H2,1-3H3,(H,24,29)(H,26,28)/t20-/m0/s1. The zero-order valence-electron chi connectivity index (χ0n) is 17.9. The van der Waals surface area contributed by atoms with Gasteiger partial charge in [-0.15, -0.1) is 0 Å². The predicted molar refractivity (Wildman–Crippen MR) is 114 cm³/mol. The maximum absolute atomic E-state index is 12.5. The molecule has 31 heavy (non-hydrogen) atoms. The van der Waals surface area contributed by atoms with Gasteiger partial charge in [-0.05, 0) is 63.4 Å². The molecule has 4 rings (SSSR count). The Morgan fingerprint density at radius 2 is 2.03 bits per heavy atom. The number of furan rings is 1. The predicted octanol–water partition coefficient (Wildman–Crippen LogP) is 3.01. The van der Waals surface area contributed by atoms with E-state index >= 15 is 0 Å². The molecule has 0 spiro atoms. The van der Waals surface area contributed by atoms with E-state index in [-0.39, 0.29) is 24.4 Å². The van der Waals surface area contributed by atoms with Gasteiger partial charge in [0.25, 0.3) is 5.91 Å². The first-order chi connectivity index (χ1) is 15.0. The molecule has 0 saturated heterocycles. The van der Waals surface area contributed by atoms with Crippen molar-refractivity contribution in [2.24, 2.45) is 0 Å². The summed E-state index contributed by atoms with van der Waals surface area (Å²) in [6.07, 6.45) is 4.49. The quantitative estimate of drug-likeness (QED) is 0.636. The van der Waals surface area contributed by atoms with Gasteiger partial charge in [0, 0.05) is 11.3 Å². The van der Waals surface area contributed by atoms with Crippen LogP contribution in [0.1, 0.15) is 52.0 Å². The summed E-state index contributed by atoms with van der Waals surface area (Å²) in [6.45, 7) is 3.41. The van der Waals surface area contributed by atoms with E-state index in [0.29, 0.717) is 17.1 Å². The van der Waals surface area contributed by atoms with E-state index in [2.05, 4.69) is 15.7 Å². The number of hydrogen-bond donors (Lipinski definition) is 2. The number of rotatable bonds is 6. The number of carbonyl (C=O) groups is 2. The van der Waals surface area contributed by atoms with Crippen molar-refractivity contribution in [1.29, 1.82) is 0 Å². The second-order valence-electron chi connectivity index (χ2n) is 7.68. The van der Waals surface area contributed by atoms with Crippen LogP contribution in [-0.2, 0) is 11.2 Å². The molecule has 1 atom stereocenters. The van der Waals surface area contributed by atoms with Crippen LogP contribution >= 0.6 is 0 Å². The second kappa shape index (κ2) is 8.67. The Morgan fingerprint density at radius 1 is 1.26 bits per heavy atom. The monoisotopic (exact) mass is 422 g/mol. The maximum atomic E-state index is 12.5. The molecule has 0 bridgehead atoms. The van der Waals surface area contributed by atoms with Crippen LogP contribution in [0.15, 0.2) is 40.9 Å². The molecule has 3 aromatic rings. The third kappa shape index (κ3) is 4.33.